The highest BCUT2D eigenvalue weighted by Gasteiger charge is 2.13. The van der Waals surface area contributed by atoms with Crippen LogP contribution >= 0.6 is 0 Å². The van der Waals surface area contributed by atoms with Crippen LogP contribution in [0.25, 0.3) is 0 Å². The van der Waals surface area contributed by atoms with Crippen molar-refractivity contribution in [3.63, 3.8) is 0 Å². The summed E-state index contributed by atoms with van der Waals surface area (Å²) >= 11 is 0. The molecule has 0 saturated heterocycles. The van der Waals surface area contributed by atoms with Gasteiger partial charge in [0.1, 0.15) is 6.10 Å². The molecule has 0 aliphatic carbocycles. The molecule has 0 bridgehead atoms. The van der Waals surface area contributed by atoms with E-state index in [1.165, 1.54) is 0 Å². The topological polar surface area (TPSA) is 63.4 Å². The number of benzene rings is 1. The summed E-state index contributed by atoms with van der Waals surface area (Å²) in [7, 11) is 0. The Morgan fingerprint density at radius 3 is 2.85 bits per heavy atom. The molecule has 0 heterocycles. The van der Waals surface area contributed by atoms with Crippen molar-refractivity contribution in [3.8, 4) is 0 Å². The van der Waals surface area contributed by atoms with Crippen LogP contribution in [-0.4, -0.2) is 16.6 Å². The maximum Gasteiger partial charge on any atom is 0.233 e. The first kappa shape index (κ1) is 9.67. The predicted octanol–water partition coefficient (Wildman–Crippen LogP) is 1.31. The number of aliphatic hydroxyl groups excluding tert-OH is 1. The van der Waals surface area contributed by atoms with Gasteiger partial charge < -0.3 is 5.11 Å². The van der Waals surface area contributed by atoms with E-state index in [2.05, 4.69) is 0 Å². The van der Waals surface area contributed by atoms with Crippen LogP contribution in [0, 0.1) is 17.0 Å². The fraction of sp³-hybridized carbons (Fsp3) is 0.333. The van der Waals surface area contributed by atoms with Gasteiger partial charge >= 0.3 is 0 Å². The Kier molecular flexibility index (Phi) is 2.97. The van der Waals surface area contributed by atoms with Crippen LogP contribution in [0.15, 0.2) is 24.3 Å². The average Bonchev–Trinajstić information content (AvgIpc) is 2.03. The number of aryl methyl sites for hydroxylation is 1. The highest BCUT2D eigenvalue weighted by Crippen LogP contribution is 2.13. The summed E-state index contributed by atoms with van der Waals surface area (Å²) in [5, 5.41) is 19.5. The number of hydrogen-bond donors (Lipinski definition) is 1. The largest absolute Gasteiger partial charge is 0.382 e. The molecule has 0 aliphatic heterocycles. The molecular weight excluding hydrogens is 170 g/mol. The monoisotopic (exact) mass is 181 g/mol. The van der Waals surface area contributed by atoms with Gasteiger partial charge in [0.2, 0.25) is 6.54 Å². The Balaban J connectivity index is 2.76. The number of aliphatic hydroxyl groups is 1. The number of hydrogen-bond acceptors (Lipinski definition) is 3. The summed E-state index contributed by atoms with van der Waals surface area (Å²) in [5.74, 6) is 0. The molecule has 4 nitrogen and oxygen atoms in total. The zero-order valence-corrected chi connectivity index (χ0v) is 7.30. The third kappa shape index (κ3) is 2.83. The Hall–Kier alpha value is -1.42. The summed E-state index contributed by atoms with van der Waals surface area (Å²) in [6, 6.07) is 7.07. The lowest BCUT2D eigenvalue weighted by molar-refractivity contribution is -0.491. The lowest BCUT2D eigenvalue weighted by Gasteiger charge is -2.06. The van der Waals surface area contributed by atoms with Gasteiger partial charge in [-0.1, -0.05) is 29.8 Å². The number of nitro groups is 1. The second-order valence-corrected chi connectivity index (χ2v) is 2.95. The van der Waals surface area contributed by atoms with E-state index in [1.807, 2.05) is 13.0 Å². The molecule has 1 rings (SSSR count). The van der Waals surface area contributed by atoms with Crippen molar-refractivity contribution >= 4 is 0 Å². The van der Waals surface area contributed by atoms with E-state index in [9.17, 15) is 15.2 Å². The third-order valence-corrected chi connectivity index (χ3v) is 1.75. The molecule has 0 aliphatic rings. The highest BCUT2D eigenvalue weighted by molar-refractivity contribution is 5.23. The van der Waals surface area contributed by atoms with Crippen LogP contribution in [0.3, 0.4) is 0 Å². The Morgan fingerprint density at radius 2 is 2.31 bits per heavy atom. The van der Waals surface area contributed by atoms with Crippen LogP contribution < -0.4 is 0 Å². The van der Waals surface area contributed by atoms with Gasteiger partial charge in [0, 0.05) is 4.92 Å². The van der Waals surface area contributed by atoms with Gasteiger partial charge in [-0.15, -0.1) is 0 Å². The second kappa shape index (κ2) is 4.00. The van der Waals surface area contributed by atoms with Crippen molar-refractivity contribution < 1.29 is 10.0 Å². The highest BCUT2D eigenvalue weighted by atomic mass is 16.6. The van der Waals surface area contributed by atoms with Gasteiger partial charge in [-0.3, -0.25) is 10.1 Å². The standard InChI is InChI=1S/C9H11NO3/c1-7-3-2-4-8(5-7)9(11)6-10(12)13/h2-5,9,11H,6H2,1H3/t9-/m0/s1. The van der Waals surface area contributed by atoms with Crippen LogP contribution in [-0.2, 0) is 0 Å². The molecule has 1 atom stereocenters. The summed E-state index contributed by atoms with van der Waals surface area (Å²) < 4.78 is 0. The zero-order valence-electron chi connectivity index (χ0n) is 7.30. The summed E-state index contributed by atoms with van der Waals surface area (Å²) in [4.78, 5) is 9.59. The van der Waals surface area contributed by atoms with Crippen molar-refractivity contribution in [2.75, 3.05) is 6.54 Å². The number of nitrogens with zero attached hydrogens (tertiary/aromatic N) is 1. The third-order valence-electron chi connectivity index (χ3n) is 1.75. The minimum absolute atomic E-state index is 0.441. The van der Waals surface area contributed by atoms with Crippen molar-refractivity contribution in [1.29, 1.82) is 0 Å². The lowest BCUT2D eigenvalue weighted by atomic mass is 10.1. The van der Waals surface area contributed by atoms with Crippen molar-refractivity contribution in [1.82, 2.24) is 0 Å². The molecule has 13 heavy (non-hydrogen) atoms. The molecule has 0 spiro atoms. The van der Waals surface area contributed by atoms with E-state index >= 15 is 0 Å². The molecule has 0 radical (unpaired) electrons. The molecule has 70 valence electrons. The first-order valence-corrected chi connectivity index (χ1v) is 3.96. The van der Waals surface area contributed by atoms with Crippen LogP contribution in [0.4, 0.5) is 0 Å². The second-order valence-electron chi connectivity index (χ2n) is 2.95. The summed E-state index contributed by atoms with van der Waals surface area (Å²) in [6.45, 7) is 1.44. The van der Waals surface area contributed by atoms with E-state index in [0.717, 1.165) is 5.56 Å². The molecule has 0 fully saturated rings. The predicted molar refractivity (Wildman–Crippen MR) is 48.0 cm³/mol. The van der Waals surface area contributed by atoms with Gasteiger partial charge in [0.15, 0.2) is 0 Å². The Morgan fingerprint density at radius 1 is 1.62 bits per heavy atom. The molecule has 1 aromatic carbocycles. The minimum Gasteiger partial charge on any atom is -0.382 e. The quantitative estimate of drug-likeness (QED) is 0.564. The molecule has 1 N–H and O–H groups in total. The van der Waals surface area contributed by atoms with E-state index in [0.29, 0.717) is 5.56 Å². The van der Waals surface area contributed by atoms with E-state index in [1.54, 1.807) is 18.2 Å². The summed E-state index contributed by atoms with van der Waals surface area (Å²) in [6.07, 6.45) is -1.00. The number of rotatable bonds is 3. The van der Waals surface area contributed by atoms with E-state index in [-0.39, 0.29) is 0 Å². The molecule has 0 unspecified atom stereocenters. The van der Waals surface area contributed by atoms with Crippen molar-refractivity contribution in [3.05, 3.63) is 45.5 Å². The molecule has 0 aromatic heterocycles. The summed E-state index contributed by atoms with van der Waals surface area (Å²) in [5.41, 5.74) is 1.58. The molecular formula is C9H11NO3. The van der Waals surface area contributed by atoms with Crippen LogP contribution in [0.5, 0.6) is 0 Å². The minimum atomic E-state index is -1.00. The fourth-order valence-corrected chi connectivity index (χ4v) is 1.12. The van der Waals surface area contributed by atoms with Gasteiger partial charge in [0.05, 0.1) is 0 Å². The molecule has 1 aromatic rings. The molecule has 0 saturated carbocycles. The smallest absolute Gasteiger partial charge is 0.233 e. The van der Waals surface area contributed by atoms with Gasteiger partial charge in [-0.05, 0) is 12.5 Å². The lowest BCUT2D eigenvalue weighted by Crippen LogP contribution is -2.11. The van der Waals surface area contributed by atoms with Gasteiger partial charge in [-0.2, -0.15) is 0 Å². The maximum atomic E-state index is 10.1. The Labute approximate surface area is 76.0 Å². The normalized spacial score (nSPS) is 12.5. The van der Waals surface area contributed by atoms with E-state index < -0.39 is 17.6 Å². The van der Waals surface area contributed by atoms with E-state index in [4.69, 9.17) is 0 Å². The van der Waals surface area contributed by atoms with Gasteiger partial charge in [-0.25, -0.2) is 0 Å². The first-order valence-electron chi connectivity index (χ1n) is 3.96. The zero-order chi connectivity index (χ0) is 9.84. The van der Waals surface area contributed by atoms with Crippen molar-refractivity contribution in [2.45, 2.75) is 13.0 Å². The fourth-order valence-electron chi connectivity index (χ4n) is 1.12. The van der Waals surface area contributed by atoms with Gasteiger partial charge in [0.25, 0.3) is 0 Å². The van der Waals surface area contributed by atoms with Crippen molar-refractivity contribution in [2.24, 2.45) is 0 Å². The molecule has 0 amide bonds. The molecule has 4 heteroatoms. The van der Waals surface area contributed by atoms with Crippen LogP contribution in [0.1, 0.15) is 17.2 Å². The SMILES string of the molecule is Cc1cccc([C@@H](O)C[N+](=O)[O-])c1. The van der Waals surface area contributed by atoms with Crippen LogP contribution in [0.2, 0.25) is 0 Å². The Bertz CT molecular complexity index is 311. The average molecular weight is 181 g/mol. The first-order chi connectivity index (χ1) is 6.09. The maximum absolute atomic E-state index is 10.1.